The maximum absolute atomic E-state index is 12.2. The number of anilines is 1. The third-order valence-corrected chi connectivity index (χ3v) is 7.57. The van der Waals surface area contributed by atoms with Crippen LogP contribution in [-0.4, -0.2) is 35.5 Å². The third-order valence-electron chi connectivity index (χ3n) is 4.27. The van der Waals surface area contributed by atoms with E-state index in [-0.39, 0.29) is 23.3 Å². The molecule has 1 amide bonds. The quantitative estimate of drug-likeness (QED) is 0.820. The fourth-order valence-electron chi connectivity index (χ4n) is 2.95. The van der Waals surface area contributed by atoms with Gasteiger partial charge in [0.15, 0.2) is 15.7 Å². The summed E-state index contributed by atoms with van der Waals surface area (Å²) in [5, 5.41) is 9.35. The maximum Gasteiger partial charge on any atom is 0.226 e. The molecule has 2 heterocycles. The molecule has 2 aromatic rings. The molecular weight excluding hydrogens is 346 g/mol. The number of hydrogen-bond acceptors (Lipinski definition) is 5. The highest BCUT2D eigenvalue weighted by Crippen LogP contribution is 2.28. The van der Waals surface area contributed by atoms with Crippen LogP contribution >= 0.6 is 11.3 Å². The lowest BCUT2D eigenvalue weighted by Gasteiger charge is -2.10. The molecule has 0 saturated heterocycles. The monoisotopic (exact) mass is 367 g/mol. The van der Waals surface area contributed by atoms with Gasteiger partial charge in [-0.05, 0) is 31.9 Å². The molecule has 1 aliphatic rings. The Morgan fingerprint density at radius 1 is 1.38 bits per heavy atom. The zero-order valence-electron chi connectivity index (χ0n) is 13.5. The number of aryl methyl sites for hydroxylation is 1. The number of amides is 1. The highest BCUT2D eigenvalue weighted by atomic mass is 32.2. The average Bonchev–Trinajstić information content (AvgIpc) is 3.26. The number of hydrogen-bond donors (Lipinski definition) is 2. The molecule has 24 heavy (non-hydrogen) atoms. The summed E-state index contributed by atoms with van der Waals surface area (Å²) in [5.41, 5.74) is 0.835. The van der Waals surface area contributed by atoms with Crippen molar-refractivity contribution in [3.05, 3.63) is 23.1 Å². The summed E-state index contributed by atoms with van der Waals surface area (Å²) in [5.74, 6) is 0.00143. The maximum atomic E-state index is 12.2. The number of nitrogens with zero attached hydrogens (tertiary/aromatic N) is 1. The van der Waals surface area contributed by atoms with Gasteiger partial charge in [0.05, 0.1) is 21.6 Å². The lowest BCUT2D eigenvalue weighted by molar-refractivity contribution is -0.115. The van der Waals surface area contributed by atoms with E-state index in [4.69, 9.17) is 0 Å². The number of rotatable bonds is 6. The average molecular weight is 367 g/mol. The van der Waals surface area contributed by atoms with Crippen molar-refractivity contribution in [1.29, 1.82) is 0 Å². The summed E-state index contributed by atoms with van der Waals surface area (Å²) in [6.07, 6.45) is 3.36. The van der Waals surface area contributed by atoms with Gasteiger partial charge in [-0.1, -0.05) is 12.8 Å². The number of aromatic amines is 1. The van der Waals surface area contributed by atoms with Crippen LogP contribution in [0.4, 0.5) is 5.82 Å². The summed E-state index contributed by atoms with van der Waals surface area (Å²) in [6, 6.07) is 5.77. The molecule has 0 atom stereocenters. The predicted octanol–water partition coefficient (Wildman–Crippen LogP) is 3.13. The van der Waals surface area contributed by atoms with Crippen molar-refractivity contribution in [3.63, 3.8) is 0 Å². The van der Waals surface area contributed by atoms with Crippen LogP contribution in [0.25, 0.3) is 10.6 Å². The van der Waals surface area contributed by atoms with Gasteiger partial charge in [0, 0.05) is 17.4 Å². The fraction of sp³-hybridized carbons (Fsp3) is 0.500. The molecule has 0 unspecified atom stereocenters. The SMILES string of the molecule is Cc1ccc(-c2cc(NC(=O)CCS(=O)(=O)C3CCCC3)n[nH]2)s1. The molecule has 1 fully saturated rings. The third kappa shape index (κ3) is 4.05. The largest absolute Gasteiger partial charge is 0.309 e. The van der Waals surface area contributed by atoms with E-state index in [9.17, 15) is 13.2 Å². The van der Waals surface area contributed by atoms with Crippen LogP contribution in [0.3, 0.4) is 0 Å². The van der Waals surface area contributed by atoms with Crippen LogP contribution in [0.1, 0.15) is 37.0 Å². The highest BCUT2D eigenvalue weighted by Gasteiger charge is 2.28. The first kappa shape index (κ1) is 17.2. The summed E-state index contributed by atoms with van der Waals surface area (Å²) >= 11 is 1.64. The molecule has 6 nitrogen and oxygen atoms in total. The second kappa shape index (κ2) is 7.06. The summed E-state index contributed by atoms with van der Waals surface area (Å²) < 4.78 is 24.4. The summed E-state index contributed by atoms with van der Waals surface area (Å²) in [7, 11) is -3.17. The molecule has 0 aliphatic heterocycles. The number of aromatic nitrogens is 2. The minimum atomic E-state index is -3.17. The number of carbonyl (C=O) groups is 1. The lowest BCUT2D eigenvalue weighted by Crippen LogP contribution is -2.24. The first-order valence-corrected chi connectivity index (χ1v) is 10.6. The van der Waals surface area contributed by atoms with E-state index >= 15 is 0 Å². The first-order chi connectivity index (χ1) is 11.4. The number of sulfone groups is 1. The number of carbonyl (C=O) groups excluding carboxylic acids is 1. The van der Waals surface area contributed by atoms with E-state index in [0.29, 0.717) is 5.82 Å². The van der Waals surface area contributed by atoms with Crippen LogP contribution in [-0.2, 0) is 14.6 Å². The minimum Gasteiger partial charge on any atom is -0.309 e. The van der Waals surface area contributed by atoms with E-state index in [1.165, 1.54) is 4.88 Å². The molecule has 0 bridgehead atoms. The van der Waals surface area contributed by atoms with Gasteiger partial charge in [0.1, 0.15) is 0 Å². The van der Waals surface area contributed by atoms with Gasteiger partial charge in [-0.25, -0.2) is 8.42 Å². The van der Waals surface area contributed by atoms with Crippen LogP contribution in [0.5, 0.6) is 0 Å². The highest BCUT2D eigenvalue weighted by molar-refractivity contribution is 7.92. The van der Waals surface area contributed by atoms with Gasteiger partial charge in [0.2, 0.25) is 5.91 Å². The topological polar surface area (TPSA) is 91.9 Å². The molecular formula is C16H21N3O3S2. The van der Waals surface area contributed by atoms with Crippen LogP contribution in [0, 0.1) is 6.92 Å². The van der Waals surface area contributed by atoms with Crippen LogP contribution in [0.2, 0.25) is 0 Å². The number of thiophene rings is 1. The van der Waals surface area contributed by atoms with Crippen molar-refractivity contribution in [2.75, 3.05) is 11.1 Å². The zero-order chi connectivity index (χ0) is 17.2. The van der Waals surface area contributed by atoms with Gasteiger partial charge in [0.25, 0.3) is 0 Å². The number of H-pyrrole nitrogens is 1. The zero-order valence-corrected chi connectivity index (χ0v) is 15.2. The fourth-order valence-corrected chi connectivity index (χ4v) is 5.63. The molecule has 2 N–H and O–H groups in total. The Bertz CT molecular complexity index is 817. The Labute approximate surface area is 145 Å². The summed E-state index contributed by atoms with van der Waals surface area (Å²) in [6.45, 7) is 2.03. The predicted molar refractivity (Wildman–Crippen MR) is 95.9 cm³/mol. The van der Waals surface area contributed by atoms with Crippen molar-refractivity contribution in [3.8, 4) is 10.6 Å². The Kier molecular flexibility index (Phi) is 5.05. The van der Waals surface area contributed by atoms with Crippen molar-refractivity contribution in [2.24, 2.45) is 0 Å². The first-order valence-electron chi connectivity index (χ1n) is 8.08. The van der Waals surface area contributed by atoms with Gasteiger partial charge >= 0.3 is 0 Å². The van der Waals surface area contributed by atoms with Crippen molar-refractivity contribution in [1.82, 2.24) is 10.2 Å². The number of nitrogens with one attached hydrogen (secondary N) is 2. The Morgan fingerprint density at radius 2 is 2.12 bits per heavy atom. The second-order valence-electron chi connectivity index (χ2n) is 6.15. The molecule has 1 aliphatic carbocycles. The molecule has 3 rings (SSSR count). The normalized spacial score (nSPS) is 15.7. The van der Waals surface area contributed by atoms with E-state index in [1.54, 1.807) is 17.4 Å². The van der Waals surface area contributed by atoms with Crippen molar-refractivity contribution in [2.45, 2.75) is 44.3 Å². The van der Waals surface area contributed by atoms with E-state index in [2.05, 4.69) is 15.5 Å². The lowest BCUT2D eigenvalue weighted by atomic mass is 10.3. The Morgan fingerprint density at radius 3 is 2.79 bits per heavy atom. The molecule has 8 heteroatoms. The molecule has 1 saturated carbocycles. The van der Waals surface area contributed by atoms with Crippen molar-refractivity contribution >= 4 is 32.9 Å². The smallest absolute Gasteiger partial charge is 0.226 e. The summed E-state index contributed by atoms with van der Waals surface area (Å²) in [4.78, 5) is 14.2. The Balaban J connectivity index is 1.54. The van der Waals surface area contributed by atoms with Crippen molar-refractivity contribution < 1.29 is 13.2 Å². The van der Waals surface area contributed by atoms with Gasteiger partial charge in [-0.2, -0.15) is 5.10 Å². The molecule has 130 valence electrons. The molecule has 0 spiro atoms. The van der Waals surface area contributed by atoms with Crippen LogP contribution < -0.4 is 5.32 Å². The molecule has 0 aromatic carbocycles. The van der Waals surface area contributed by atoms with Gasteiger partial charge in [-0.15, -0.1) is 11.3 Å². The second-order valence-corrected chi connectivity index (χ2v) is 9.84. The van der Waals surface area contributed by atoms with Crippen LogP contribution in [0.15, 0.2) is 18.2 Å². The molecule has 0 radical (unpaired) electrons. The van der Waals surface area contributed by atoms with E-state index in [1.807, 2.05) is 19.1 Å². The standard InChI is InChI=1S/C16H21N3O3S2/c1-11-6-7-14(23-11)13-10-15(19-18-13)17-16(20)8-9-24(21,22)12-4-2-3-5-12/h6-7,10,12H,2-5,8-9H2,1H3,(H2,17,18,19,20). The Hall–Kier alpha value is -1.67. The van der Waals surface area contributed by atoms with Gasteiger partial charge < -0.3 is 5.32 Å². The van der Waals surface area contributed by atoms with Gasteiger partial charge in [-0.3, -0.25) is 9.89 Å². The minimum absolute atomic E-state index is 0.0286. The van der Waals surface area contributed by atoms with E-state index < -0.39 is 9.84 Å². The van der Waals surface area contributed by atoms with E-state index in [0.717, 1.165) is 36.3 Å². The molecule has 2 aromatic heterocycles.